The summed E-state index contributed by atoms with van der Waals surface area (Å²) in [6.07, 6.45) is 3.04. The number of anilines is 1. The molecule has 0 saturated heterocycles. The summed E-state index contributed by atoms with van der Waals surface area (Å²) in [4.78, 5) is 23.9. The first-order valence-electron chi connectivity index (χ1n) is 5.73. The Hall–Kier alpha value is -1.44. The Balaban J connectivity index is 2.14. The van der Waals surface area contributed by atoms with Gasteiger partial charge in [-0.3, -0.25) is 4.79 Å². The summed E-state index contributed by atoms with van der Waals surface area (Å²) in [6, 6.07) is 8.36. The highest BCUT2D eigenvalue weighted by molar-refractivity contribution is 9.11. The van der Waals surface area contributed by atoms with Crippen LogP contribution in [0.3, 0.4) is 0 Å². The molecule has 0 saturated carbocycles. The molecule has 0 aliphatic rings. The molecule has 1 amide bonds. The molecule has 4 nitrogen and oxygen atoms in total. The molecular formula is C14H9Br2NO3S. The zero-order valence-corrected chi connectivity index (χ0v) is 14.5. The number of hydrogen-bond acceptors (Lipinski definition) is 3. The molecule has 0 atom stereocenters. The lowest BCUT2D eigenvalue weighted by molar-refractivity contribution is -0.111. The number of nitrogens with one attached hydrogen (secondary N) is 1. The second kappa shape index (κ2) is 7.02. The first-order chi connectivity index (χ1) is 9.95. The van der Waals surface area contributed by atoms with Crippen molar-refractivity contribution in [3.05, 3.63) is 55.1 Å². The molecule has 1 aromatic carbocycles. The minimum Gasteiger partial charge on any atom is -0.478 e. The van der Waals surface area contributed by atoms with Gasteiger partial charge in [-0.2, -0.15) is 0 Å². The van der Waals surface area contributed by atoms with Gasteiger partial charge in [-0.25, -0.2) is 4.79 Å². The van der Waals surface area contributed by atoms with Crippen molar-refractivity contribution >= 4 is 66.8 Å². The van der Waals surface area contributed by atoms with Crippen molar-refractivity contribution in [3.63, 3.8) is 0 Å². The van der Waals surface area contributed by atoms with Crippen LogP contribution in [0.4, 0.5) is 5.69 Å². The molecule has 1 aromatic heterocycles. The van der Waals surface area contributed by atoms with Gasteiger partial charge in [-0.05, 0) is 52.3 Å². The third-order valence-corrected chi connectivity index (χ3v) is 4.55. The maximum absolute atomic E-state index is 11.9. The monoisotopic (exact) mass is 429 g/mol. The van der Waals surface area contributed by atoms with Gasteiger partial charge in [0.2, 0.25) is 5.91 Å². The minimum absolute atomic E-state index is 0.0406. The predicted octanol–water partition coefficient (Wildman–Crippen LogP) is 4.62. The van der Waals surface area contributed by atoms with Gasteiger partial charge in [0, 0.05) is 15.4 Å². The molecule has 2 rings (SSSR count). The molecule has 2 N–H and O–H groups in total. The van der Waals surface area contributed by atoms with Gasteiger partial charge >= 0.3 is 5.97 Å². The normalized spacial score (nSPS) is 10.8. The predicted molar refractivity (Wildman–Crippen MR) is 90.8 cm³/mol. The molecule has 7 heteroatoms. The van der Waals surface area contributed by atoms with Crippen LogP contribution in [-0.2, 0) is 4.79 Å². The number of thiophene rings is 1. The zero-order valence-electron chi connectivity index (χ0n) is 10.5. The summed E-state index contributed by atoms with van der Waals surface area (Å²) in [5, 5.41) is 11.7. The van der Waals surface area contributed by atoms with E-state index in [0.717, 1.165) is 8.66 Å². The first-order valence-corrected chi connectivity index (χ1v) is 8.13. The van der Waals surface area contributed by atoms with Crippen LogP contribution in [-0.4, -0.2) is 17.0 Å². The van der Waals surface area contributed by atoms with E-state index in [0.29, 0.717) is 4.47 Å². The quantitative estimate of drug-likeness (QED) is 0.695. The molecule has 0 bridgehead atoms. The van der Waals surface area contributed by atoms with Crippen LogP contribution in [0.2, 0.25) is 0 Å². The van der Waals surface area contributed by atoms with Gasteiger partial charge in [0.15, 0.2) is 0 Å². The van der Waals surface area contributed by atoms with E-state index in [4.69, 9.17) is 5.11 Å². The number of rotatable bonds is 4. The Bertz CT molecular complexity index is 725. The summed E-state index contributed by atoms with van der Waals surface area (Å²) in [7, 11) is 0. The van der Waals surface area contributed by atoms with Gasteiger partial charge in [0.25, 0.3) is 0 Å². The van der Waals surface area contributed by atoms with Gasteiger partial charge in [-0.15, -0.1) is 11.3 Å². The van der Waals surface area contributed by atoms with Gasteiger partial charge < -0.3 is 10.4 Å². The number of benzene rings is 1. The van der Waals surface area contributed by atoms with Gasteiger partial charge in [0.05, 0.1) is 15.0 Å². The van der Waals surface area contributed by atoms with Crippen molar-refractivity contribution in [3.8, 4) is 0 Å². The molecular weight excluding hydrogens is 422 g/mol. The molecule has 0 spiro atoms. The van der Waals surface area contributed by atoms with Crippen LogP contribution >= 0.6 is 43.2 Å². The summed E-state index contributed by atoms with van der Waals surface area (Å²) in [6.45, 7) is 0. The van der Waals surface area contributed by atoms with Crippen LogP contribution < -0.4 is 5.32 Å². The number of carboxylic acid groups (broad SMARTS) is 1. The maximum Gasteiger partial charge on any atom is 0.337 e. The van der Waals surface area contributed by atoms with Crippen LogP contribution in [0.5, 0.6) is 0 Å². The van der Waals surface area contributed by atoms with Gasteiger partial charge in [0.1, 0.15) is 0 Å². The molecule has 1 heterocycles. The highest BCUT2D eigenvalue weighted by Crippen LogP contribution is 2.24. The van der Waals surface area contributed by atoms with Crippen LogP contribution in [0, 0.1) is 0 Å². The fourth-order valence-electron chi connectivity index (χ4n) is 1.56. The Morgan fingerprint density at radius 1 is 1.19 bits per heavy atom. The molecule has 108 valence electrons. The Morgan fingerprint density at radius 2 is 1.95 bits per heavy atom. The van der Waals surface area contributed by atoms with E-state index >= 15 is 0 Å². The van der Waals surface area contributed by atoms with Crippen molar-refractivity contribution in [2.45, 2.75) is 0 Å². The molecule has 2 aromatic rings. The van der Waals surface area contributed by atoms with Gasteiger partial charge in [-0.1, -0.05) is 15.9 Å². The summed E-state index contributed by atoms with van der Waals surface area (Å²) in [5.41, 5.74) is 0.290. The van der Waals surface area contributed by atoms with Crippen LogP contribution in [0.1, 0.15) is 15.2 Å². The maximum atomic E-state index is 11.9. The SMILES string of the molecule is O=C(C=Cc1ccc(Br)s1)Nc1cc(Br)ccc1C(=O)O. The van der Waals surface area contributed by atoms with E-state index < -0.39 is 5.97 Å². The minimum atomic E-state index is -1.09. The fraction of sp³-hybridized carbons (Fsp3) is 0. The second-order valence-corrected chi connectivity index (χ2v) is 7.37. The van der Waals surface area contributed by atoms with E-state index in [1.54, 1.807) is 18.2 Å². The van der Waals surface area contributed by atoms with E-state index in [9.17, 15) is 9.59 Å². The Labute approximate surface area is 141 Å². The largest absolute Gasteiger partial charge is 0.478 e. The standard InChI is InChI=1S/C14H9Br2NO3S/c15-8-1-4-10(14(19)20)11(7-8)17-13(18)6-3-9-2-5-12(16)21-9/h1-7H,(H,17,18)(H,19,20). The Kier molecular flexibility index (Phi) is 5.33. The van der Waals surface area contributed by atoms with E-state index in [1.165, 1.54) is 23.5 Å². The topological polar surface area (TPSA) is 66.4 Å². The number of aromatic carboxylic acids is 1. The van der Waals surface area contributed by atoms with Crippen LogP contribution in [0.25, 0.3) is 6.08 Å². The average molecular weight is 431 g/mol. The van der Waals surface area contributed by atoms with Crippen molar-refractivity contribution in [1.82, 2.24) is 0 Å². The molecule has 0 aliphatic carbocycles. The highest BCUT2D eigenvalue weighted by atomic mass is 79.9. The first kappa shape index (κ1) is 15.9. The highest BCUT2D eigenvalue weighted by Gasteiger charge is 2.11. The zero-order chi connectivity index (χ0) is 15.4. The molecule has 0 fully saturated rings. The van der Waals surface area contributed by atoms with Crippen molar-refractivity contribution in [2.24, 2.45) is 0 Å². The van der Waals surface area contributed by atoms with E-state index in [2.05, 4.69) is 37.2 Å². The lowest BCUT2D eigenvalue weighted by Gasteiger charge is -2.07. The number of halogens is 2. The lowest BCUT2D eigenvalue weighted by atomic mass is 10.2. The van der Waals surface area contributed by atoms with Crippen molar-refractivity contribution in [1.29, 1.82) is 0 Å². The number of carbonyl (C=O) groups excluding carboxylic acids is 1. The third-order valence-electron chi connectivity index (χ3n) is 2.46. The van der Waals surface area contributed by atoms with Crippen molar-refractivity contribution < 1.29 is 14.7 Å². The number of hydrogen-bond donors (Lipinski definition) is 2. The summed E-state index contributed by atoms with van der Waals surface area (Å²) < 4.78 is 1.66. The Morgan fingerprint density at radius 3 is 2.57 bits per heavy atom. The fourth-order valence-corrected chi connectivity index (χ4v) is 3.24. The summed E-state index contributed by atoms with van der Waals surface area (Å²) >= 11 is 8.08. The molecule has 21 heavy (non-hydrogen) atoms. The number of amides is 1. The molecule has 0 aliphatic heterocycles. The number of carboxylic acids is 1. The molecule has 0 radical (unpaired) electrons. The average Bonchev–Trinajstić information content (AvgIpc) is 2.82. The van der Waals surface area contributed by atoms with Crippen LogP contribution in [0.15, 0.2) is 44.7 Å². The smallest absolute Gasteiger partial charge is 0.337 e. The summed E-state index contributed by atoms with van der Waals surface area (Å²) in [5.74, 6) is -1.48. The third kappa shape index (κ3) is 4.52. The second-order valence-electron chi connectivity index (χ2n) is 3.96. The molecule has 0 unspecified atom stereocenters. The lowest BCUT2D eigenvalue weighted by Crippen LogP contribution is -2.12. The van der Waals surface area contributed by atoms with Crippen molar-refractivity contribution in [2.75, 3.05) is 5.32 Å². The number of carbonyl (C=O) groups is 2. The van der Waals surface area contributed by atoms with E-state index in [1.807, 2.05) is 12.1 Å². The van der Waals surface area contributed by atoms with E-state index in [-0.39, 0.29) is 17.2 Å².